The van der Waals surface area contributed by atoms with Crippen molar-refractivity contribution in [1.29, 1.82) is 0 Å². The molecule has 6 aromatic rings. The van der Waals surface area contributed by atoms with E-state index in [1.54, 1.807) is 30.7 Å². The Labute approximate surface area is 182 Å². The summed E-state index contributed by atoms with van der Waals surface area (Å²) in [7, 11) is 1.97. The van der Waals surface area contributed by atoms with E-state index >= 15 is 0 Å². The number of H-pyrrole nitrogens is 2. The number of aromatic nitrogens is 7. The van der Waals surface area contributed by atoms with Gasteiger partial charge in [-0.3, -0.25) is 15.1 Å². The summed E-state index contributed by atoms with van der Waals surface area (Å²) in [5.74, 6) is 0.634. The van der Waals surface area contributed by atoms with Crippen molar-refractivity contribution in [1.82, 2.24) is 34.7 Å². The highest BCUT2D eigenvalue weighted by Gasteiger charge is 2.17. The quantitative estimate of drug-likeness (QED) is 0.419. The molecule has 5 aromatic heterocycles. The van der Waals surface area contributed by atoms with E-state index < -0.39 is 0 Å². The molecule has 6 rings (SSSR count). The van der Waals surface area contributed by atoms with E-state index in [1.807, 2.05) is 42.9 Å². The number of fused-ring (bicyclic) bond motifs is 2. The second-order valence-electron chi connectivity index (χ2n) is 7.75. The predicted molar refractivity (Wildman–Crippen MR) is 121 cm³/mol. The third-order valence-electron chi connectivity index (χ3n) is 5.89. The fraction of sp³-hybridized carbons (Fsp3) is 0.0833. The van der Waals surface area contributed by atoms with Crippen molar-refractivity contribution < 1.29 is 4.39 Å². The van der Waals surface area contributed by atoms with Crippen molar-refractivity contribution >= 4 is 21.8 Å². The van der Waals surface area contributed by atoms with Gasteiger partial charge in [0, 0.05) is 35.1 Å². The first-order chi connectivity index (χ1) is 15.6. The lowest BCUT2D eigenvalue weighted by Crippen LogP contribution is -1.95. The summed E-state index contributed by atoms with van der Waals surface area (Å²) < 4.78 is 16.5. The van der Waals surface area contributed by atoms with Crippen LogP contribution in [-0.4, -0.2) is 34.7 Å². The second-order valence-corrected chi connectivity index (χ2v) is 7.75. The van der Waals surface area contributed by atoms with Crippen LogP contribution in [0, 0.1) is 12.7 Å². The Morgan fingerprint density at radius 3 is 2.59 bits per heavy atom. The maximum Gasteiger partial charge on any atom is 0.131 e. The first kappa shape index (κ1) is 18.4. The number of imidazole rings is 1. The van der Waals surface area contributed by atoms with Crippen molar-refractivity contribution in [2.24, 2.45) is 7.05 Å². The molecule has 0 amide bonds. The molecular formula is C24H18FN7. The Morgan fingerprint density at radius 1 is 0.906 bits per heavy atom. The third-order valence-corrected chi connectivity index (χ3v) is 5.89. The van der Waals surface area contributed by atoms with E-state index in [1.165, 1.54) is 6.07 Å². The number of nitrogens with zero attached hydrogens (tertiary/aromatic N) is 5. The Bertz CT molecular complexity index is 1620. The van der Waals surface area contributed by atoms with Crippen LogP contribution in [0.4, 0.5) is 4.39 Å². The topological polar surface area (TPSA) is 88.1 Å². The molecule has 0 atom stereocenters. The van der Waals surface area contributed by atoms with Crippen LogP contribution >= 0.6 is 0 Å². The summed E-state index contributed by atoms with van der Waals surface area (Å²) in [4.78, 5) is 16.6. The van der Waals surface area contributed by atoms with Crippen LogP contribution < -0.4 is 0 Å². The fourth-order valence-electron chi connectivity index (χ4n) is 4.08. The Balaban J connectivity index is 1.53. The number of benzene rings is 1. The van der Waals surface area contributed by atoms with E-state index in [0.717, 1.165) is 56.0 Å². The Kier molecular flexibility index (Phi) is 3.94. The molecule has 0 aliphatic rings. The maximum absolute atomic E-state index is 14.5. The standard InChI is InChI=1S/C24H18FN7/c1-13-27-12-23(32(13)2)19-8-16-22(11-28-19)30-31-24(16)20-7-15-17(9-26-10-21(15)29-20)14-5-3-4-6-18(14)25/h3-12,29H,1-2H3,(H,30,31). The number of hydrogen-bond acceptors (Lipinski definition) is 4. The lowest BCUT2D eigenvalue weighted by atomic mass is 10.0. The molecule has 2 N–H and O–H groups in total. The van der Waals surface area contributed by atoms with Gasteiger partial charge >= 0.3 is 0 Å². The molecule has 0 aliphatic heterocycles. The fourth-order valence-corrected chi connectivity index (χ4v) is 4.08. The van der Waals surface area contributed by atoms with Gasteiger partial charge in [0.2, 0.25) is 0 Å². The van der Waals surface area contributed by atoms with E-state index in [9.17, 15) is 4.39 Å². The van der Waals surface area contributed by atoms with E-state index in [2.05, 4.69) is 30.1 Å². The summed E-state index contributed by atoms with van der Waals surface area (Å²) in [5, 5.41) is 9.40. The summed E-state index contributed by atoms with van der Waals surface area (Å²) >= 11 is 0. The molecule has 1 aromatic carbocycles. The zero-order valence-electron chi connectivity index (χ0n) is 17.4. The van der Waals surface area contributed by atoms with Gasteiger partial charge in [-0.15, -0.1) is 0 Å². The highest BCUT2D eigenvalue weighted by molar-refractivity contribution is 6.01. The molecular weight excluding hydrogens is 405 g/mol. The molecule has 156 valence electrons. The van der Waals surface area contributed by atoms with Crippen LogP contribution in [-0.2, 0) is 7.05 Å². The number of halogens is 1. The van der Waals surface area contributed by atoms with Gasteiger partial charge in [-0.1, -0.05) is 18.2 Å². The molecule has 0 fully saturated rings. The number of nitrogens with one attached hydrogen (secondary N) is 2. The summed E-state index contributed by atoms with van der Waals surface area (Å²) in [6.45, 7) is 1.96. The molecule has 0 aliphatic carbocycles. The van der Waals surface area contributed by atoms with Crippen LogP contribution in [0.5, 0.6) is 0 Å². The highest BCUT2D eigenvalue weighted by atomic mass is 19.1. The van der Waals surface area contributed by atoms with Crippen LogP contribution in [0.1, 0.15) is 5.82 Å². The molecule has 0 spiro atoms. The highest BCUT2D eigenvalue weighted by Crippen LogP contribution is 2.35. The van der Waals surface area contributed by atoms with E-state index in [-0.39, 0.29) is 5.82 Å². The maximum atomic E-state index is 14.5. The van der Waals surface area contributed by atoms with Crippen molar-refractivity contribution in [2.75, 3.05) is 0 Å². The van der Waals surface area contributed by atoms with Gasteiger partial charge in [-0.05, 0) is 25.1 Å². The zero-order valence-corrected chi connectivity index (χ0v) is 17.4. The van der Waals surface area contributed by atoms with Crippen molar-refractivity contribution in [2.45, 2.75) is 6.92 Å². The van der Waals surface area contributed by atoms with Crippen LogP contribution in [0.3, 0.4) is 0 Å². The number of hydrogen-bond donors (Lipinski definition) is 2. The SMILES string of the molecule is Cc1ncc(-c2cc3c(-c4cc5c(-c6ccccc6F)cncc5[nH]4)n[nH]c3cn2)n1C. The summed E-state index contributed by atoms with van der Waals surface area (Å²) in [5.41, 5.74) is 6.21. The molecule has 5 heterocycles. The van der Waals surface area contributed by atoms with Gasteiger partial charge < -0.3 is 9.55 Å². The number of rotatable bonds is 3. The molecule has 0 bridgehead atoms. The first-order valence-electron chi connectivity index (χ1n) is 10.1. The minimum absolute atomic E-state index is 0.281. The van der Waals surface area contributed by atoms with Gasteiger partial charge in [0.1, 0.15) is 17.3 Å². The molecule has 8 heteroatoms. The minimum atomic E-state index is -0.281. The first-order valence-corrected chi connectivity index (χ1v) is 10.1. The van der Waals surface area contributed by atoms with Gasteiger partial charge in [0.15, 0.2) is 0 Å². The van der Waals surface area contributed by atoms with Crippen LogP contribution in [0.2, 0.25) is 0 Å². The largest absolute Gasteiger partial charge is 0.352 e. The van der Waals surface area contributed by atoms with Crippen LogP contribution in [0.25, 0.3) is 55.7 Å². The summed E-state index contributed by atoms with van der Waals surface area (Å²) in [6, 6.07) is 10.7. The van der Waals surface area contributed by atoms with Crippen molar-refractivity contribution in [3.63, 3.8) is 0 Å². The van der Waals surface area contributed by atoms with Gasteiger partial charge in [0.05, 0.1) is 46.7 Å². The molecule has 0 radical (unpaired) electrons. The molecule has 0 saturated carbocycles. The molecule has 32 heavy (non-hydrogen) atoms. The summed E-state index contributed by atoms with van der Waals surface area (Å²) in [6.07, 6.45) is 7.02. The Hall–Kier alpha value is -4.33. The smallest absolute Gasteiger partial charge is 0.131 e. The minimum Gasteiger partial charge on any atom is -0.352 e. The third kappa shape index (κ3) is 2.73. The average molecular weight is 423 g/mol. The normalized spacial score (nSPS) is 11.6. The second kappa shape index (κ2) is 6.84. The van der Waals surface area contributed by atoms with Crippen LogP contribution in [0.15, 0.2) is 61.2 Å². The van der Waals surface area contributed by atoms with E-state index in [4.69, 9.17) is 0 Å². The zero-order chi connectivity index (χ0) is 21.8. The van der Waals surface area contributed by atoms with Crippen molar-refractivity contribution in [3.8, 4) is 33.9 Å². The Morgan fingerprint density at radius 2 is 1.78 bits per heavy atom. The lowest BCUT2D eigenvalue weighted by molar-refractivity contribution is 0.631. The number of aromatic amines is 2. The monoisotopic (exact) mass is 423 g/mol. The van der Waals surface area contributed by atoms with E-state index in [0.29, 0.717) is 5.56 Å². The number of aryl methyl sites for hydroxylation is 1. The predicted octanol–water partition coefficient (Wildman–Crippen LogP) is 5.02. The molecule has 7 nitrogen and oxygen atoms in total. The molecule has 0 saturated heterocycles. The van der Waals surface area contributed by atoms with Gasteiger partial charge in [-0.25, -0.2) is 9.37 Å². The van der Waals surface area contributed by atoms with Crippen molar-refractivity contribution in [3.05, 3.63) is 72.8 Å². The van der Waals surface area contributed by atoms with Gasteiger partial charge in [0.25, 0.3) is 0 Å². The number of pyridine rings is 2. The lowest BCUT2D eigenvalue weighted by Gasteiger charge is -2.04. The molecule has 0 unspecified atom stereocenters. The average Bonchev–Trinajstić information content (AvgIpc) is 3.50. The van der Waals surface area contributed by atoms with Gasteiger partial charge in [-0.2, -0.15) is 5.10 Å².